The molecule has 0 unspecified atom stereocenters. The number of carbonyl (C=O) groups is 1. The maximum Gasteiger partial charge on any atom is 0.310 e. The van der Waals surface area contributed by atoms with Crippen LogP contribution in [0.4, 0.5) is 0 Å². The summed E-state index contributed by atoms with van der Waals surface area (Å²) in [6.45, 7) is 4.15. The van der Waals surface area contributed by atoms with Crippen molar-refractivity contribution in [2.75, 3.05) is 18.1 Å². The van der Waals surface area contributed by atoms with Crippen LogP contribution in [0.5, 0.6) is 0 Å². The monoisotopic (exact) mass is 280 g/mol. The molecule has 0 aromatic rings. The highest BCUT2D eigenvalue weighted by atomic mass is 33.1. The maximum absolute atomic E-state index is 12.5. The smallest absolute Gasteiger partial charge is 0.310 e. The van der Waals surface area contributed by atoms with Gasteiger partial charge in [-0.2, -0.15) is 0 Å². The Bertz CT molecular complexity index is 318. The number of esters is 1. The summed E-state index contributed by atoms with van der Waals surface area (Å²) in [5.41, 5.74) is -2.38. The van der Waals surface area contributed by atoms with Gasteiger partial charge in [0, 0.05) is 16.8 Å². The molecule has 0 spiro atoms. The lowest BCUT2D eigenvalue weighted by atomic mass is 10.3. The molecular formula is C10H17O3PS2. The summed E-state index contributed by atoms with van der Waals surface area (Å²) in [6.07, 6.45) is 2.90. The summed E-state index contributed by atoms with van der Waals surface area (Å²) in [7, 11) is 0. The maximum atomic E-state index is 12.5. The van der Waals surface area contributed by atoms with Gasteiger partial charge in [0.05, 0.1) is 13.0 Å². The number of carbonyl (C=O) groups excluding carboxylic acids is 1. The van der Waals surface area contributed by atoms with Gasteiger partial charge in [-0.1, -0.05) is 35.8 Å². The SMILES string of the molecule is CC/C=C(\CC(=O)OCC)P1(=O)SCCS1. The van der Waals surface area contributed by atoms with Crippen LogP contribution in [0.3, 0.4) is 0 Å². The fraction of sp³-hybridized carbons (Fsp3) is 0.700. The third kappa shape index (κ3) is 3.86. The van der Waals surface area contributed by atoms with Gasteiger partial charge in [0.25, 0.3) is 0 Å². The molecule has 1 heterocycles. The average molecular weight is 280 g/mol. The van der Waals surface area contributed by atoms with Crippen molar-refractivity contribution in [3.63, 3.8) is 0 Å². The zero-order valence-corrected chi connectivity index (χ0v) is 12.1. The van der Waals surface area contributed by atoms with Crippen molar-refractivity contribution < 1.29 is 14.1 Å². The molecule has 92 valence electrons. The molecule has 1 aliphatic heterocycles. The van der Waals surface area contributed by atoms with Crippen molar-refractivity contribution in [1.82, 2.24) is 0 Å². The first-order chi connectivity index (χ1) is 7.62. The highest BCUT2D eigenvalue weighted by Gasteiger charge is 2.34. The molecule has 1 fully saturated rings. The summed E-state index contributed by atoms with van der Waals surface area (Å²) >= 11 is 2.99. The van der Waals surface area contributed by atoms with E-state index in [0.29, 0.717) is 6.61 Å². The lowest BCUT2D eigenvalue weighted by Gasteiger charge is -2.13. The van der Waals surface area contributed by atoms with Gasteiger partial charge in [-0.3, -0.25) is 9.36 Å². The van der Waals surface area contributed by atoms with Gasteiger partial charge >= 0.3 is 5.97 Å². The first kappa shape index (κ1) is 14.2. The zero-order chi connectivity index (χ0) is 12.0. The van der Waals surface area contributed by atoms with Crippen LogP contribution in [0.2, 0.25) is 0 Å². The van der Waals surface area contributed by atoms with E-state index in [1.807, 2.05) is 13.0 Å². The van der Waals surface area contributed by atoms with E-state index in [9.17, 15) is 9.36 Å². The molecule has 0 bridgehead atoms. The number of rotatable bonds is 5. The van der Waals surface area contributed by atoms with Gasteiger partial charge in [-0.15, -0.1) is 0 Å². The van der Waals surface area contributed by atoms with E-state index in [1.165, 1.54) is 22.8 Å². The first-order valence-corrected chi connectivity index (χ1v) is 10.3. The van der Waals surface area contributed by atoms with E-state index in [1.54, 1.807) is 6.92 Å². The van der Waals surface area contributed by atoms with Gasteiger partial charge < -0.3 is 4.74 Å². The van der Waals surface area contributed by atoms with E-state index < -0.39 is 5.55 Å². The van der Waals surface area contributed by atoms with Crippen LogP contribution in [-0.2, 0) is 14.1 Å². The summed E-state index contributed by atoms with van der Waals surface area (Å²) in [6, 6.07) is 0. The van der Waals surface area contributed by atoms with Crippen molar-refractivity contribution in [2.45, 2.75) is 26.7 Å². The van der Waals surface area contributed by atoms with Gasteiger partial charge in [0.2, 0.25) is 5.55 Å². The number of ether oxygens (including phenoxy) is 1. The largest absolute Gasteiger partial charge is 0.466 e. The fourth-order valence-electron chi connectivity index (χ4n) is 1.39. The molecule has 0 N–H and O–H groups in total. The molecule has 0 aromatic heterocycles. The van der Waals surface area contributed by atoms with Crippen molar-refractivity contribution >= 4 is 34.3 Å². The Labute approximate surface area is 105 Å². The number of hydrogen-bond donors (Lipinski definition) is 0. The first-order valence-electron chi connectivity index (χ1n) is 5.36. The highest BCUT2D eigenvalue weighted by Crippen LogP contribution is 2.78. The predicted octanol–water partition coefficient (Wildman–Crippen LogP) is 3.91. The van der Waals surface area contributed by atoms with Crippen LogP contribution >= 0.6 is 28.3 Å². The topological polar surface area (TPSA) is 43.4 Å². The molecular weight excluding hydrogens is 263 g/mol. The molecule has 0 radical (unpaired) electrons. The molecule has 3 nitrogen and oxygen atoms in total. The normalized spacial score (nSPS) is 19.8. The van der Waals surface area contributed by atoms with Gasteiger partial charge in [0.1, 0.15) is 0 Å². The lowest BCUT2D eigenvalue weighted by Crippen LogP contribution is -2.04. The summed E-state index contributed by atoms with van der Waals surface area (Å²) < 4.78 is 17.4. The summed E-state index contributed by atoms with van der Waals surface area (Å²) in [4.78, 5) is 11.4. The molecule has 1 rings (SSSR count). The third-order valence-corrected chi connectivity index (χ3v) is 11.2. The van der Waals surface area contributed by atoms with Crippen molar-refractivity contribution in [3.8, 4) is 0 Å². The van der Waals surface area contributed by atoms with E-state index in [2.05, 4.69) is 0 Å². The Hall–Kier alpha value is 0.140. The van der Waals surface area contributed by atoms with Crippen LogP contribution in [0.1, 0.15) is 26.7 Å². The second kappa shape index (κ2) is 6.77. The van der Waals surface area contributed by atoms with Crippen molar-refractivity contribution in [2.24, 2.45) is 0 Å². The standard InChI is InChI=1S/C10H17O3PS2/c1-3-5-9(8-10(11)13-4-2)14(12)15-6-7-16-14/h5H,3-4,6-8H2,1-2H3/b9-5+. The molecule has 0 saturated carbocycles. The Balaban J connectivity index is 2.72. The minimum Gasteiger partial charge on any atom is -0.466 e. The minimum absolute atomic E-state index is 0.180. The quantitative estimate of drug-likeness (QED) is 0.564. The second-order valence-electron chi connectivity index (χ2n) is 3.25. The average Bonchev–Trinajstić information content (AvgIpc) is 2.66. The van der Waals surface area contributed by atoms with Crippen LogP contribution in [0.15, 0.2) is 11.4 Å². The number of hydrogen-bond acceptors (Lipinski definition) is 5. The minimum atomic E-state index is -2.38. The van der Waals surface area contributed by atoms with E-state index >= 15 is 0 Å². The fourth-order valence-corrected chi connectivity index (χ4v) is 10.5. The summed E-state index contributed by atoms with van der Waals surface area (Å²) in [5, 5.41) is 0.779. The van der Waals surface area contributed by atoms with E-state index in [4.69, 9.17) is 4.74 Å². The van der Waals surface area contributed by atoms with Crippen molar-refractivity contribution in [1.29, 1.82) is 0 Å². The Morgan fingerprint density at radius 1 is 1.38 bits per heavy atom. The molecule has 0 aromatic carbocycles. The van der Waals surface area contributed by atoms with Gasteiger partial charge in [0.15, 0.2) is 0 Å². The molecule has 1 aliphatic rings. The van der Waals surface area contributed by atoms with E-state index in [-0.39, 0.29) is 12.4 Å². The summed E-state index contributed by atoms with van der Waals surface area (Å²) in [5.74, 6) is 1.54. The Kier molecular flexibility index (Phi) is 6.01. The zero-order valence-electron chi connectivity index (χ0n) is 9.60. The predicted molar refractivity (Wildman–Crippen MR) is 72.1 cm³/mol. The highest BCUT2D eigenvalue weighted by molar-refractivity contribution is 8.93. The lowest BCUT2D eigenvalue weighted by molar-refractivity contribution is -0.142. The second-order valence-corrected chi connectivity index (χ2v) is 11.5. The third-order valence-electron chi connectivity index (χ3n) is 2.03. The Morgan fingerprint density at radius 2 is 2.00 bits per heavy atom. The molecule has 0 amide bonds. The van der Waals surface area contributed by atoms with Crippen LogP contribution in [-0.4, -0.2) is 24.1 Å². The van der Waals surface area contributed by atoms with Crippen LogP contribution in [0, 0.1) is 0 Å². The molecule has 1 saturated heterocycles. The van der Waals surface area contributed by atoms with Crippen LogP contribution in [0.25, 0.3) is 0 Å². The molecule has 16 heavy (non-hydrogen) atoms. The Morgan fingerprint density at radius 3 is 2.50 bits per heavy atom. The van der Waals surface area contributed by atoms with Gasteiger partial charge in [-0.05, 0) is 13.3 Å². The van der Waals surface area contributed by atoms with Crippen LogP contribution < -0.4 is 0 Å². The van der Waals surface area contributed by atoms with Crippen molar-refractivity contribution in [3.05, 3.63) is 11.4 Å². The number of allylic oxidation sites excluding steroid dienone is 1. The molecule has 0 aliphatic carbocycles. The molecule has 6 heteroatoms. The van der Waals surface area contributed by atoms with E-state index in [0.717, 1.165) is 23.2 Å². The van der Waals surface area contributed by atoms with Gasteiger partial charge in [-0.25, -0.2) is 0 Å². The molecule has 0 atom stereocenters.